The summed E-state index contributed by atoms with van der Waals surface area (Å²) in [5.74, 6) is -3.09. The van der Waals surface area contributed by atoms with Gasteiger partial charge in [-0.2, -0.15) is 0 Å². The summed E-state index contributed by atoms with van der Waals surface area (Å²) in [6.45, 7) is 1.17. The number of rotatable bonds is 5. The van der Waals surface area contributed by atoms with Crippen LogP contribution in [0.4, 0.5) is 0 Å². The second kappa shape index (κ2) is 4.48. The highest BCUT2D eigenvalue weighted by molar-refractivity contribution is 7.91. The fourth-order valence-electron chi connectivity index (χ4n) is 1.15. The van der Waals surface area contributed by atoms with Crippen LogP contribution in [-0.4, -0.2) is 31.0 Å². The van der Waals surface area contributed by atoms with Crippen LogP contribution in [0.5, 0.6) is 0 Å². The molecule has 7 heteroatoms. The van der Waals surface area contributed by atoms with Crippen molar-refractivity contribution in [2.75, 3.05) is 5.75 Å². The van der Waals surface area contributed by atoms with Gasteiger partial charge in [0.25, 0.3) is 0 Å². The molecule has 0 bridgehead atoms. The molecule has 1 aromatic rings. The fourth-order valence-corrected chi connectivity index (χ4v) is 2.46. The van der Waals surface area contributed by atoms with Crippen LogP contribution in [-0.2, 0) is 20.4 Å². The van der Waals surface area contributed by atoms with E-state index in [2.05, 4.69) is 0 Å². The summed E-state index contributed by atoms with van der Waals surface area (Å²) in [4.78, 5) is 21.1. The summed E-state index contributed by atoms with van der Waals surface area (Å²) in [6, 6.07) is 2.43. The predicted molar refractivity (Wildman–Crippen MR) is 53.8 cm³/mol. The van der Waals surface area contributed by atoms with Crippen molar-refractivity contribution in [2.45, 2.75) is 12.7 Å². The smallest absolute Gasteiger partial charge is 0.371 e. The molecule has 1 heterocycles. The van der Waals surface area contributed by atoms with Crippen LogP contribution in [0.3, 0.4) is 0 Å². The van der Waals surface area contributed by atoms with Crippen LogP contribution in [0, 0.1) is 0 Å². The molecule has 0 unspecified atom stereocenters. The summed E-state index contributed by atoms with van der Waals surface area (Å²) >= 11 is 0. The van der Waals surface area contributed by atoms with E-state index in [1.165, 1.54) is 19.1 Å². The average Bonchev–Trinajstić information content (AvgIpc) is 2.48. The molecule has 6 nitrogen and oxygen atoms in total. The van der Waals surface area contributed by atoms with Crippen LogP contribution >= 0.6 is 0 Å². The molecular weight excluding hydrogens is 236 g/mol. The van der Waals surface area contributed by atoms with Gasteiger partial charge in [-0.3, -0.25) is 4.79 Å². The Labute approximate surface area is 91.8 Å². The van der Waals surface area contributed by atoms with Crippen LogP contribution < -0.4 is 0 Å². The highest BCUT2D eigenvalue weighted by Crippen LogP contribution is 2.12. The first-order valence-electron chi connectivity index (χ1n) is 4.32. The largest absolute Gasteiger partial charge is 0.475 e. The zero-order chi connectivity index (χ0) is 12.3. The molecule has 0 aliphatic carbocycles. The van der Waals surface area contributed by atoms with E-state index in [1.54, 1.807) is 0 Å². The van der Waals surface area contributed by atoms with E-state index >= 15 is 0 Å². The molecule has 1 N–H and O–H groups in total. The number of furan rings is 1. The lowest BCUT2D eigenvalue weighted by atomic mass is 10.4. The molecule has 1 aromatic heterocycles. The van der Waals surface area contributed by atoms with Gasteiger partial charge in [-0.1, -0.05) is 0 Å². The minimum atomic E-state index is -3.58. The second-order valence-corrected chi connectivity index (χ2v) is 5.37. The molecule has 88 valence electrons. The normalized spacial score (nSPS) is 11.3. The Bertz CT molecular complexity index is 510. The van der Waals surface area contributed by atoms with Gasteiger partial charge in [-0.05, 0) is 19.1 Å². The second-order valence-electron chi connectivity index (χ2n) is 3.31. The van der Waals surface area contributed by atoms with Gasteiger partial charge in [0.05, 0.1) is 0 Å². The van der Waals surface area contributed by atoms with E-state index in [9.17, 15) is 18.0 Å². The third kappa shape index (κ3) is 3.50. The van der Waals surface area contributed by atoms with Gasteiger partial charge in [0.1, 0.15) is 23.0 Å². The number of sulfone groups is 1. The first kappa shape index (κ1) is 12.4. The molecule has 0 atom stereocenters. The maximum Gasteiger partial charge on any atom is 0.371 e. The molecule has 0 radical (unpaired) electrons. The maximum atomic E-state index is 11.4. The number of carboxylic acids is 1. The van der Waals surface area contributed by atoms with Crippen molar-refractivity contribution in [3.8, 4) is 0 Å². The quantitative estimate of drug-likeness (QED) is 0.810. The number of carbonyl (C=O) groups excluding carboxylic acids is 1. The van der Waals surface area contributed by atoms with Crippen molar-refractivity contribution in [2.24, 2.45) is 0 Å². The first-order valence-corrected chi connectivity index (χ1v) is 6.14. The Morgan fingerprint density at radius 3 is 2.44 bits per heavy atom. The highest BCUT2D eigenvalue weighted by atomic mass is 32.2. The molecule has 0 saturated carbocycles. The Morgan fingerprint density at radius 1 is 1.38 bits per heavy atom. The fraction of sp³-hybridized carbons (Fsp3) is 0.333. The molecule has 0 aliphatic heterocycles. The Hall–Kier alpha value is -1.63. The molecule has 0 spiro atoms. The van der Waals surface area contributed by atoms with Gasteiger partial charge in [-0.15, -0.1) is 0 Å². The number of hydrogen-bond acceptors (Lipinski definition) is 5. The third-order valence-corrected chi connectivity index (χ3v) is 3.23. The van der Waals surface area contributed by atoms with E-state index in [-0.39, 0.29) is 11.5 Å². The third-order valence-electron chi connectivity index (χ3n) is 1.66. The SMILES string of the molecule is CC(=O)CS(=O)(=O)Cc1ccc(C(=O)O)o1. The summed E-state index contributed by atoms with van der Waals surface area (Å²) < 4.78 is 27.5. The summed E-state index contributed by atoms with van der Waals surface area (Å²) in [5.41, 5.74) is 0. The first-order chi connectivity index (χ1) is 7.30. The molecule has 0 aliphatic rings. The van der Waals surface area contributed by atoms with E-state index in [4.69, 9.17) is 9.52 Å². The van der Waals surface area contributed by atoms with Gasteiger partial charge in [0.2, 0.25) is 5.76 Å². The van der Waals surface area contributed by atoms with Crippen LogP contribution in [0.1, 0.15) is 23.2 Å². The van der Waals surface area contributed by atoms with Gasteiger partial charge < -0.3 is 9.52 Å². The van der Waals surface area contributed by atoms with Crippen molar-refractivity contribution in [1.82, 2.24) is 0 Å². The zero-order valence-electron chi connectivity index (χ0n) is 8.47. The van der Waals surface area contributed by atoms with Crippen molar-refractivity contribution in [3.05, 3.63) is 23.7 Å². The van der Waals surface area contributed by atoms with E-state index in [1.807, 2.05) is 0 Å². The van der Waals surface area contributed by atoms with Crippen LogP contribution in [0.25, 0.3) is 0 Å². The van der Waals surface area contributed by atoms with Gasteiger partial charge in [0.15, 0.2) is 9.84 Å². The summed E-state index contributed by atoms with van der Waals surface area (Å²) in [7, 11) is -3.58. The number of carboxylic acid groups (broad SMARTS) is 1. The Kier molecular flexibility index (Phi) is 3.48. The maximum absolute atomic E-state index is 11.4. The van der Waals surface area contributed by atoms with E-state index < -0.39 is 33.1 Å². The molecule has 0 amide bonds. The zero-order valence-corrected chi connectivity index (χ0v) is 9.28. The van der Waals surface area contributed by atoms with Gasteiger partial charge >= 0.3 is 5.97 Å². The minimum absolute atomic E-state index is 0.0126. The number of Topliss-reactive ketones (excluding diaryl/α,β-unsaturated/α-hetero) is 1. The van der Waals surface area contributed by atoms with E-state index in [0.29, 0.717) is 0 Å². The minimum Gasteiger partial charge on any atom is -0.475 e. The number of ketones is 1. The number of aromatic carboxylic acids is 1. The predicted octanol–water partition coefficient (Wildman–Crippen LogP) is 0.482. The van der Waals surface area contributed by atoms with Crippen molar-refractivity contribution in [1.29, 1.82) is 0 Å². The molecule has 16 heavy (non-hydrogen) atoms. The molecule has 0 saturated heterocycles. The van der Waals surface area contributed by atoms with Crippen molar-refractivity contribution >= 4 is 21.6 Å². The summed E-state index contributed by atoms with van der Waals surface area (Å²) in [6.07, 6.45) is 0. The highest BCUT2D eigenvalue weighted by Gasteiger charge is 2.18. The van der Waals surface area contributed by atoms with Crippen molar-refractivity contribution in [3.63, 3.8) is 0 Å². The lowest BCUT2D eigenvalue weighted by Gasteiger charge is -1.98. The molecule has 0 aromatic carbocycles. The summed E-state index contributed by atoms with van der Waals surface area (Å²) in [5, 5.41) is 8.54. The lowest BCUT2D eigenvalue weighted by Crippen LogP contribution is -2.14. The average molecular weight is 246 g/mol. The van der Waals surface area contributed by atoms with Gasteiger partial charge in [-0.25, -0.2) is 13.2 Å². The lowest BCUT2D eigenvalue weighted by molar-refractivity contribution is -0.114. The Morgan fingerprint density at radius 2 is 2.00 bits per heavy atom. The van der Waals surface area contributed by atoms with Crippen LogP contribution in [0.2, 0.25) is 0 Å². The number of hydrogen-bond donors (Lipinski definition) is 1. The molecule has 0 fully saturated rings. The molecular formula is C9H10O6S. The van der Waals surface area contributed by atoms with Crippen LogP contribution in [0.15, 0.2) is 16.5 Å². The molecule has 1 rings (SSSR count). The standard InChI is InChI=1S/C9H10O6S/c1-6(10)4-16(13,14)5-7-2-3-8(15-7)9(11)12/h2-3H,4-5H2,1H3,(H,11,12). The van der Waals surface area contributed by atoms with E-state index in [0.717, 1.165) is 0 Å². The Balaban J connectivity index is 2.80. The monoisotopic (exact) mass is 246 g/mol. The number of carbonyl (C=O) groups is 2. The van der Waals surface area contributed by atoms with Crippen molar-refractivity contribution < 1.29 is 27.5 Å². The topological polar surface area (TPSA) is 102 Å². The van der Waals surface area contributed by atoms with Gasteiger partial charge in [0, 0.05) is 0 Å².